The number of benzene rings is 2. The first-order chi connectivity index (χ1) is 21.7. The molecule has 2 aromatic carbocycles. The Balaban J connectivity index is 1.42. The summed E-state index contributed by atoms with van der Waals surface area (Å²) in [5.41, 5.74) is 2.16. The third-order valence-corrected chi connectivity index (χ3v) is 8.98. The first-order valence-corrected chi connectivity index (χ1v) is 16.0. The Morgan fingerprint density at radius 2 is 1.96 bits per heavy atom. The van der Waals surface area contributed by atoms with E-state index in [1.807, 2.05) is 56.3 Å². The van der Waals surface area contributed by atoms with Crippen molar-refractivity contribution in [2.75, 3.05) is 47.0 Å². The molecule has 11 nitrogen and oxygen atoms in total. The van der Waals surface area contributed by atoms with Crippen molar-refractivity contribution in [3.8, 4) is 17.2 Å². The second-order valence-corrected chi connectivity index (χ2v) is 12.4. The third kappa shape index (κ3) is 8.19. The molecular weight excluding hydrogens is 596 g/mol. The van der Waals surface area contributed by atoms with E-state index in [4.69, 9.17) is 18.9 Å². The minimum absolute atomic E-state index is 0.137. The van der Waals surface area contributed by atoms with E-state index in [1.54, 1.807) is 24.5 Å². The summed E-state index contributed by atoms with van der Waals surface area (Å²) in [6.45, 7) is 5.28. The zero-order valence-electron chi connectivity index (χ0n) is 26.1. The summed E-state index contributed by atoms with van der Waals surface area (Å²) in [4.78, 5) is 47.9. The molecular formula is C33H40N4O7S. The Hall–Kier alpha value is -4.00. The van der Waals surface area contributed by atoms with Gasteiger partial charge in [0.1, 0.15) is 11.4 Å². The maximum Gasteiger partial charge on any atom is 0.273 e. The predicted molar refractivity (Wildman–Crippen MR) is 169 cm³/mol. The first-order valence-electron chi connectivity index (χ1n) is 15.1. The highest BCUT2D eigenvalue weighted by Gasteiger charge is 2.38. The zero-order valence-corrected chi connectivity index (χ0v) is 26.9. The maximum absolute atomic E-state index is 13.4. The van der Waals surface area contributed by atoms with Gasteiger partial charge in [0.25, 0.3) is 5.91 Å². The molecule has 1 N–H and O–H groups in total. The number of nitrogens with one attached hydrogen (secondary N) is 1. The molecule has 0 aliphatic carbocycles. The quantitative estimate of drug-likeness (QED) is 0.431. The van der Waals surface area contributed by atoms with Crippen LogP contribution in [0.1, 0.15) is 52.8 Å². The summed E-state index contributed by atoms with van der Waals surface area (Å²) in [5, 5.41) is 5.72. The van der Waals surface area contributed by atoms with E-state index < -0.39 is 12.1 Å². The second-order valence-electron chi connectivity index (χ2n) is 11.5. The van der Waals surface area contributed by atoms with Crippen molar-refractivity contribution in [3.63, 3.8) is 0 Å². The molecule has 3 amide bonds. The molecule has 0 unspecified atom stereocenters. The fraction of sp³-hybridized carbons (Fsp3) is 0.455. The van der Waals surface area contributed by atoms with E-state index in [0.717, 1.165) is 16.1 Å². The van der Waals surface area contributed by atoms with Crippen LogP contribution in [-0.2, 0) is 32.1 Å². The van der Waals surface area contributed by atoms with Crippen molar-refractivity contribution in [2.45, 2.75) is 51.4 Å². The minimum atomic E-state index is -0.482. The summed E-state index contributed by atoms with van der Waals surface area (Å²) in [7, 11) is 3.14. The second kappa shape index (κ2) is 14.9. The largest absolute Gasteiger partial charge is 0.493 e. The number of likely N-dealkylation sites (tertiary alicyclic amines) is 1. The number of fused-ring (bicyclic) bond motifs is 5. The molecule has 0 spiro atoms. The highest BCUT2D eigenvalue weighted by atomic mass is 32.1. The molecule has 2 aliphatic heterocycles. The fourth-order valence-electron chi connectivity index (χ4n) is 5.37. The van der Waals surface area contributed by atoms with Crippen molar-refractivity contribution in [1.29, 1.82) is 0 Å². The smallest absolute Gasteiger partial charge is 0.273 e. The monoisotopic (exact) mass is 636 g/mol. The Kier molecular flexibility index (Phi) is 10.7. The number of ether oxygens (including phenoxy) is 4. The number of aryl methyl sites for hydroxylation is 1. The lowest BCUT2D eigenvalue weighted by Crippen LogP contribution is -2.49. The number of carbonyl (C=O) groups is 3. The highest BCUT2D eigenvalue weighted by Crippen LogP contribution is 2.33. The molecule has 3 heterocycles. The van der Waals surface area contributed by atoms with Gasteiger partial charge in [0.2, 0.25) is 11.8 Å². The fourth-order valence-corrected chi connectivity index (χ4v) is 6.18. The standard InChI is InChI=1S/C33H40N4O7S/c1-21(2)32-35-26(20-45-32)33(40)37-16-25-29(17-37)43-19-23-6-5-7-24(14-23)44-28-15-22(8-10-27(28)42-4)9-11-31(39)36(12-13-41-3)18-30(38)34-25/h5-8,10,14-15,20-21,25,29H,9,11-13,16-19H2,1-4H3,(H,34,38)/t25-,29-/m0/s1. The van der Waals surface area contributed by atoms with E-state index in [2.05, 4.69) is 10.3 Å². The summed E-state index contributed by atoms with van der Waals surface area (Å²) in [6.07, 6.45) is 0.168. The lowest BCUT2D eigenvalue weighted by molar-refractivity contribution is -0.137. The number of thiazole rings is 1. The Labute approximate surface area is 267 Å². The third-order valence-electron chi connectivity index (χ3n) is 7.83. The Bertz CT molecular complexity index is 1510. The van der Waals surface area contributed by atoms with Crippen LogP contribution in [0.2, 0.25) is 0 Å². The lowest BCUT2D eigenvalue weighted by Gasteiger charge is -2.25. The maximum atomic E-state index is 13.4. The average molecular weight is 637 g/mol. The molecule has 1 fully saturated rings. The molecule has 4 bridgehead atoms. The van der Waals surface area contributed by atoms with E-state index in [-0.39, 0.29) is 62.8 Å². The van der Waals surface area contributed by atoms with Gasteiger partial charge < -0.3 is 34.1 Å². The van der Waals surface area contributed by atoms with Crippen LogP contribution < -0.4 is 14.8 Å². The molecule has 0 radical (unpaired) electrons. The van der Waals surface area contributed by atoms with E-state index in [9.17, 15) is 14.4 Å². The molecule has 3 aromatic rings. The molecule has 0 saturated carbocycles. The van der Waals surface area contributed by atoms with Gasteiger partial charge >= 0.3 is 0 Å². The number of rotatable bonds is 6. The van der Waals surface area contributed by atoms with Crippen molar-refractivity contribution in [1.82, 2.24) is 20.1 Å². The van der Waals surface area contributed by atoms with Gasteiger partial charge in [0, 0.05) is 44.5 Å². The lowest BCUT2D eigenvalue weighted by atomic mass is 10.1. The van der Waals surface area contributed by atoms with E-state index in [0.29, 0.717) is 36.0 Å². The summed E-state index contributed by atoms with van der Waals surface area (Å²) in [5.74, 6) is 1.22. The topological polar surface area (TPSA) is 120 Å². The van der Waals surface area contributed by atoms with Crippen molar-refractivity contribution in [3.05, 3.63) is 69.7 Å². The van der Waals surface area contributed by atoms with Crippen LogP contribution in [-0.4, -0.2) is 91.7 Å². The molecule has 5 rings (SSSR count). The van der Waals surface area contributed by atoms with Gasteiger partial charge in [-0.1, -0.05) is 32.0 Å². The summed E-state index contributed by atoms with van der Waals surface area (Å²) < 4.78 is 23.3. The molecule has 1 saturated heterocycles. The molecule has 240 valence electrons. The van der Waals surface area contributed by atoms with Crippen LogP contribution in [0.4, 0.5) is 0 Å². The van der Waals surface area contributed by atoms with Crippen molar-refractivity contribution >= 4 is 29.1 Å². The van der Waals surface area contributed by atoms with Crippen molar-refractivity contribution < 1.29 is 33.3 Å². The van der Waals surface area contributed by atoms with Crippen LogP contribution >= 0.6 is 11.3 Å². The summed E-state index contributed by atoms with van der Waals surface area (Å²) >= 11 is 1.46. The molecule has 12 heteroatoms. The zero-order chi connectivity index (χ0) is 31.9. The van der Waals surface area contributed by atoms with Crippen molar-refractivity contribution in [2.24, 2.45) is 0 Å². The number of carbonyl (C=O) groups excluding carboxylic acids is 3. The van der Waals surface area contributed by atoms with Gasteiger partial charge in [-0.05, 0) is 41.8 Å². The number of methoxy groups -OCH3 is 2. The van der Waals surface area contributed by atoms with Crippen LogP contribution in [0.15, 0.2) is 47.8 Å². The van der Waals surface area contributed by atoms with Gasteiger partial charge in [-0.25, -0.2) is 4.98 Å². The van der Waals surface area contributed by atoms with Crippen LogP contribution in [0.25, 0.3) is 0 Å². The van der Waals surface area contributed by atoms with Crippen LogP contribution in [0, 0.1) is 0 Å². The molecule has 45 heavy (non-hydrogen) atoms. The predicted octanol–water partition coefficient (Wildman–Crippen LogP) is 4.01. The SMILES string of the molecule is COCCN1CC(=O)N[C@H]2CN(C(=O)c3csc(C(C)C)n3)C[C@@H]2OCc2cccc(c2)Oc2cc(ccc2OC)CCC1=O. The highest BCUT2D eigenvalue weighted by molar-refractivity contribution is 7.09. The Morgan fingerprint density at radius 3 is 2.71 bits per heavy atom. The molecule has 2 aliphatic rings. The van der Waals surface area contributed by atoms with Gasteiger partial charge in [-0.15, -0.1) is 11.3 Å². The average Bonchev–Trinajstić information content (AvgIpc) is 3.68. The van der Waals surface area contributed by atoms with Crippen LogP contribution in [0.3, 0.4) is 0 Å². The number of hydrogen-bond donors (Lipinski definition) is 1. The summed E-state index contributed by atoms with van der Waals surface area (Å²) in [6, 6.07) is 12.7. The minimum Gasteiger partial charge on any atom is -0.493 e. The van der Waals surface area contributed by atoms with E-state index >= 15 is 0 Å². The molecule has 2 atom stereocenters. The van der Waals surface area contributed by atoms with Gasteiger partial charge in [-0.2, -0.15) is 0 Å². The number of aromatic nitrogens is 1. The van der Waals surface area contributed by atoms with E-state index in [1.165, 1.54) is 16.2 Å². The van der Waals surface area contributed by atoms with Gasteiger partial charge in [0.05, 0.1) is 44.0 Å². The van der Waals surface area contributed by atoms with Gasteiger partial charge in [-0.3, -0.25) is 14.4 Å². The number of amides is 3. The normalized spacial score (nSPS) is 19.4. The van der Waals surface area contributed by atoms with Crippen LogP contribution in [0.5, 0.6) is 17.2 Å². The van der Waals surface area contributed by atoms with Gasteiger partial charge in [0.15, 0.2) is 11.5 Å². The first kappa shape index (κ1) is 32.4. The molecule has 1 aromatic heterocycles. The number of hydrogen-bond acceptors (Lipinski definition) is 9. The number of nitrogens with zero attached hydrogens (tertiary/aromatic N) is 3. The Morgan fingerprint density at radius 1 is 1.11 bits per heavy atom.